The molecule has 0 aliphatic carbocycles. The first kappa shape index (κ1) is 26.4. The van der Waals surface area contributed by atoms with Gasteiger partial charge in [-0.2, -0.15) is 0 Å². The molecule has 1 N–H and O–H groups in total. The van der Waals surface area contributed by atoms with Gasteiger partial charge in [-0.1, -0.05) is 55.0 Å². The molecule has 8 heteroatoms. The molecule has 0 heterocycles. The van der Waals surface area contributed by atoms with E-state index in [2.05, 4.69) is 5.32 Å². The summed E-state index contributed by atoms with van der Waals surface area (Å²) in [6.07, 6.45) is 1.46. The van der Waals surface area contributed by atoms with Gasteiger partial charge in [-0.15, -0.1) is 0 Å². The minimum absolute atomic E-state index is 0.196. The zero-order chi connectivity index (χ0) is 24.8. The molecule has 0 saturated carbocycles. The van der Waals surface area contributed by atoms with Crippen molar-refractivity contribution in [1.29, 1.82) is 0 Å². The summed E-state index contributed by atoms with van der Waals surface area (Å²) >= 11 is 0. The SMILES string of the molecule is CCC(C(=O)NC(C)(C)C)N(Cc1ccc(C)cc1)C(=O)CN(c1ccccc1)S(C)(=O)=O. The smallest absolute Gasteiger partial charge is 0.244 e. The topological polar surface area (TPSA) is 86.8 Å². The first-order chi connectivity index (χ1) is 15.3. The van der Waals surface area contributed by atoms with E-state index in [9.17, 15) is 18.0 Å². The predicted molar refractivity (Wildman–Crippen MR) is 132 cm³/mol. The van der Waals surface area contributed by atoms with Crippen molar-refractivity contribution in [3.8, 4) is 0 Å². The average Bonchev–Trinajstić information content (AvgIpc) is 2.71. The molecule has 0 saturated heterocycles. The molecule has 33 heavy (non-hydrogen) atoms. The number of nitrogens with zero attached hydrogens (tertiary/aromatic N) is 2. The van der Waals surface area contributed by atoms with E-state index < -0.39 is 34.1 Å². The number of aryl methyl sites for hydroxylation is 1. The van der Waals surface area contributed by atoms with Gasteiger partial charge in [0, 0.05) is 12.1 Å². The van der Waals surface area contributed by atoms with Crippen LogP contribution in [0, 0.1) is 6.92 Å². The van der Waals surface area contributed by atoms with Crippen LogP contribution in [0.1, 0.15) is 45.2 Å². The summed E-state index contributed by atoms with van der Waals surface area (Å²) in [6.45, 7) is 9.26. The first-order valence-electron chi connectivity index (χ1n) is 11.0. The second-order valence-corrected chi connectivity index (χ2v) is 11.2. The Bertz CT molecular complexity index is 1050. The standard InChI is InChI=1S/C25H35N3O4S/c1-7-22(24(30)26-25(3,4)5)27(17-20-15-13-19(2)14-16-20)23(29)18-28(33(6,31)32)21-11-9-8-10-12-21/h8-16,22H,7,17-18H2,1-6H3,(H,26,30). The fraction of sp³-hybridized carbons (Fsp3) is 0.440. The van der Waals surface area contributed by atoms with Gasteiger partial charge in [0.2, 0.25) is 21.8 Å². The molecular weight excluding hydrogens is 438 g/mol. The van der Waals surface area contributed by atoms with Gasteiger partial charge in [-0.25, -0.2) is 8.42 Å². The number of benzene rings is 2. The maximum Gasteiger partial charge on any atom is 0.244 e. The Morgan fingerprint density at radius 2 is 1.58 bits per heavy atom. The summed E-state index contributed by atoms with van der Waals surface area (Å²) in [5.41, 5.74) is 1.88. The second kappa shape index (κ2) is 10.8. The van der Waals surface area contributed by atoms with Crippen LogP contribution in [0.5, 0.6) is 0 Å². The molecule has 7 nitrogen and oxygen atoms in total. The lowest BCUT2D eigenvalue weighted by Gasteiger charge is -2.34. The van der Waals surface area contributed by atoms with Gasteiger partial charge in [-0.3, -0.25) is 13.9 Å². The van der Waals surface area contributed by atoms with Crippen molar-refractivity contribution >= 4 is 27.5 Å². The summed E-state index contributed by atoms with van der Waals surface area (Å²) in [5.74, 6) is -0.711. The van der Waals surface area contributed by atoms with E-state index >= 15 is 0 Å². The molecule has 180 valence electrons. The third kappa shape index (κ3) is 7.89. The number of amides is 2. The minimum atomic E-state index is -3.72. The van der Waals surface area contributed by atoms with Gasteiger partial charge in [0.25, 0.3) is 0 Å². The largest absolute Gasteiger partial charge is 0.350 e. The van der Waals surface area contributed by atoms with Crippen molar-refractivity contribution in [2.24, 2.45) is 0 Å². The van der Waals surface area contributed by atoms with Crippen LogP contribution in [-0.2, 0) is 26.2 Å². The van der Waals surface area contributed by atoms with Crippen molar-refractivity contribution in [3.63, 3.8) is 0 Å². The lowest BCUT2D eigenvalue weighted by Crippen LogP contribution is -2.55. The third-order valence-corrected chi connectivity index (χ3v) is 6.22. The van der Waals surface area contributed by atoms with Crippen molar-refractivity contribution in [2.45, 2.75) is 59.2 Å². The fourth-order valence-electron chi connectivity index (χ4n) is 3.47. The van der Waals surface area contributed by atoms with Crippen molar-refractivity contribution < 1.29 is 18.0 Å². The van der Waals surface area contributed by atoms with Gasteiger partial charge in [0.05, 0.1) is 11.9 Å². The lowest BCUT2D eigenvalue weighted by atomic mass is 10.1. The van der Waals surface area contributed by atoms with Crippen LogP contribution >= 0.6 is 0 Å². The lowest BCUT2D eigenvalue weighted by molar-refractivity contribution is -0.141. The molecule has 0 fully saturated rings. The molecule has 1 unspecified atom stereocenters. The van der Waals surface area contributed by atoms with E-state index in [1.165, 1.54) is 4.90 Å². The fourth-order valence-corrected chi connectivity index (χ4v) is 4.32. The average molecular weight is 474 g/mol. The van der Waals surface area contributed by atoms with Crippen molar-refractivity contribution in [1.82, 2.24) is 10.2 Å². The second-order valence-electron chi connectivity index (χ2n) is 9.28. The van der Waals surface area contributed by atoms with Crippen LogP contribution < -0.4 is 9.62 Å². The van der Waals surface area contributed by atoms with Crippen LogP contribution in [-0.4, -0.2) is 49.5 Å². The highest BCUT2D eigenvalue weighted by atomic mass is 32.2. The Labute approximate surface area is 197 Å². The van der Waals surface area contributed by atoms with E-state index in [1.807, 2.05) is 58.9 Å². The van der Waals surface area contributed by atoms with Crippen molar-refractivity contribution in [3.05, 3.63) is 65.7 Å². The van der Waals surface area contributed by atoms with Crippen LogP contribution in [0.15, 0.2) is 54.6 Å². The molecule has 2 rings (SSSR count). The van der Waals surface area contributed by atoms with E-state index in [0.29, 0.717) is 12.1 Å². The maximum absolute atomic E-state index is 13.6. The quantitative estimate of drug-likeness (QED) is 0.604. The molecule has 0 aliphatic heterocycles. The van der Waals surface area contributed by atoms with Gasteiger partial charge in [0.15, 0.2) is 0 Å². The maximum atomic E-state index is 13.6. The zero-order valence-electron chi connectivity index (χ0n) is 20.3. The zero-order valence-corrected chi connectivity index (χ0v) is 21.1. The highest BCUT2D eigenvalue weighted by Gasteiger charge is 2.32. The van der Waals surface area contributed by atoms with Crippen molar-refractivity contribution in [2.75, 3.05) is 17.1 Å². The molecule has 2 aromatic carbocycles. The Morgan fingerprint density at radius 3 is 2.06 bits per heavy atom. The van der Waals surface area contributed by atoms with Gasteiger partial charge in [-0.05, 0) is 51.8 Å². The minimum Gasteiger partial charge on any atom is -0.350 e. The number of rotatable bonds is 9. The number of carbonyl (C=O) groups excluding carboxylic acids is 2. The highest BCUT2D eigenvalue weighted by Crippen LogP contribution is 2.20. The number of nitrogens with one attached hydrogen (secondary N) is 1. The number of para-hydroxylation sites is 1. The Hall–Kier alpha value is -2.87. The summed E-state index contributed by atoms with van der Waals surface area (Å²) in [4.78, 5) is 28.1. The number of carbonyl (C=O) groups is 2. The molecule has 2 aromatic rings. The van der Waals surface area contributed by atoms with E-state index in [0.717, 1.165) is 21.7 Å². The summed E-state index contributed by atoms with van der Waals surface area (Å²) < 4.78 is 26.1. The monoisotopic (exact) mass is 473 g/mol. The normalized spacial score (nSPS) is 12.7. The van der Waals surface area contributed by atoms with Crippen LogP contribution in [0.2, 0.25) is 0 Å². The number of hydrogen-bond donors (Lipinski definition) is 1. The molecule has 1 atom stereocenters. The van der Waals surface area contributed by atoms with Crippen LogP contribution in [0.25, 0.3) is 0 Å². The van der Waals surface area contributed by atoms with E-state index in [4.69, 9.17) is 0 Å². The Kier molecular flexibility index (Phi) is 8.66. The number of hydrogen-bond acceptors (Lipinski definition) is 4. The van der Waals surface area contributed by atoms with Gasteiger partial charge in [0.1, 0.15) is 12.6 Å². The summed E-state index contributed by atoms with van der Waals surface area (Å²) in [5, 5.41) is 2.95. The highest BCUT2D eigenvalue weighted by molar-refractivity contribution is 7.92. The molecule has 2 amide bonds. The number of anilines is 1. The Morgan fingerprint density at radius 1 is 1.00 bits per heavy atom. The number of sulfonamides is 1. The van der Waals surface area contributed by atoms with Crippen LogP contribution in [0.3, 0.4) is 0 Å². The van der Waals surface area contributed by atoms with E-state index in [1.54, 1.807) is 30.3 Å². The molecule has 0 spiro atoms. The molecular formula is C25H35N3O4S. The van der Waals surface area contributed by atoms with Gasteiger partial charge < -0.3 is 10.2 Å². The van der Waals surface area contributed by atoms with E-state index in [-0.39, 0.29) is 12.5 Å². The molecule has 0 aliphatic rings. The molecule has 0 bridgehead atoms. The molecule has 0 radical (unpaired) electrons. The first-order valence-corrected chi connectivity index (χ1v) is 12.9. The summed E-state index contributed by atoms with van der Waals surface area (Å²) in [6, 6.07) is 15.5. The Balaban J connectivity index is 2.42. The third-order valence-electron chi connectivity index (χ3n) is 5.08. The molecule has 0 aromatic heterocycles. The predicted octanol–water partition coefficient (Wildman–Crippen LogP) is 3.48. The van der Waals surface area contributed by atoms with Crippen LogP contribution in [0.4, 0.5) is 5.69 Å². The summed E-state index contributed by atoms with van der Waals surface area (Å²) in [7, 11) is -3.72. The van der Waals surface area contributed by atoms with Gasteiger partial charge >= 0.3 is 0 Å².